The molecule has 0 saturated heterocycles. The zero-order chi connectivity index (χ0) is 15.1. The van der Waals surface area contributed by atoms with Crippen LogP contribution in [0, 0.1) is 6.92 Å². The van der Waals surface area contributed by atoms with Crippen LogP contribution < -0.4 is 10.1 Å². The lowest BCUT2D eigenvalue weighted by molar-refractivity contribution is -0.116. The Morgan fingerprint density at radius 3 is 2.95 bits per heavy atom. The topological polar surface area (TPSA) is 81.9 Å². The quantitative estimate of drug-likeness (QED) is 0.786. The Morgan fingerprint density at radius 2 is 2.29 bits per heavy atom. The smallest absolute Gasteiger partial charge is 0.246 e. The van der Waals surface area contributed by atoms with E-state index in [0.29, 0.717) is 6.61 Å². The lowest BCUT2D eigenvalue weighted by Gasteiger charge is -2.11. The summed E-state index contributed by atoms with van der Waals surface area (Å²) in [7, 11) is 0. The van der Waals surface area contributed by atoms with Crippen LogP contribution in [0.3, 0.4) is 0 Å². The first-order valence-corrected chi connectivity index (χ1v) is 6.93. The first kappa shape index (κ1) is 15.0. The number of carbonyl (C=O) groups is 1. The number of aromatic nitrogens is 4. The van der Waals surface area contributed by atoms with Crippen LogP contribution in [0.2, 0.25) is 0 Å². The predicted molar refractivity (Wildman–Crippen MR) is 78.0 cm³/mol. The molecule has 0 aliphatic rings. The van der Waals surface area contributed by atoms with Crippen molar-refractivity contribution in [2.45, 2.75) is 33.2 Å². The summed E-state index contributed by atoms with van der Waals surface area (Å²) in [4.78, 5) is 11.9. The Bertz CT molecular complexity index is 583. The van der Waals surface area contributed by atoms with E-state index in [4.69, 9.17) is 4.74 Å². The van der Waals surface area contributed by atoms with E-state index in [-0.39, 0.29) is 12.5 Å². The van der Waals surface area contributed by atoms with Crippen LogP contribution in [0.4, 0.5) is 5.69 Å². The zero-order valence-electron chi connectivity index (χ0n) is 12.2. The van der Waals surface area contributed by atoms with Crippen molar-refractivity contribution in [3.8, 4) is 5.75 Å². The summed E-state index contributed by atoms with van der Waals surface area (Å²) in [5.74, 6) is 0.643. The van der Waals surface area contributed by atoms with Crippen LogP contribution in [0.25, 0.3) is 0 Å². The predicted octanol–water partition coefficient (Wildman–Crippen LogP) is 1.80. The number of aryl methyl sites for hydroxylation is 1. The van der Waals surface area contributed by atoms with Gasteiger partial charge < -0.3 is 10.1 Å². The van der Waals surface area contributed by atoms with Crippen molar-refractivity contribution in [3.63, 3.8) is 0 Å². The third-order valence-corrected chi connectivity index (χ3v) is 2.94. The molecule has 0 atom stereocenters. The van der Waals surface area contributed by atoms with E-state index < -0.39 is 0 Å². The number of carbonyl (C=O) groups excluding carboxylic acids is 1. The van der Waals surface area contributed by atoms with Gasteiger partial charge in [-0.15, -0.1) is 5.10 Å². The van der Waals surface area contributed by atoms with Gasteiger partial charge in [0, 0.05) is 5.69 Å². The Kier molecular flexibility index (Phi) is 5.25. The summed E-state index contributed by atoms with van der Waals surface area (Å²) >= 11 is 0. The molecule has 7 heteroatoms. The van der Waals surface area contributed by atoms with Crippen LogP contribution in [0.5, 0.6) is 5.75 Å². The Labute approximate surface area is 123 Å². The summed E-state index contributed by atoms with van der Waals surface area (Å²) in [6.45, 7) is 4.85. The van der Waals surface area contributed by atoms with Gasteiger partial charge in [0.05, 0.1) is 6.61 Å². The van der Waals surface area contributed by atoms with E-state index in [1.165, 1.54) is 11.0 Å². The van der Waals surface area contributed by atoms with Gasteiger partial charge in [0.15, 0.2) is 0 Å². The van der Waals surface area contributed by atoms with E-state index in [9.17, 15) is 4.79 Å². The fraction of sp³-hybridized carbons (Fsp3) is 0.429. The average Bonchev–Trinajstić information content (AvgIpc) is 2.95. The maximum atomic E-state index is 11.9. The van der Waals surface area contributed by atoms with Crippen LogP contribution >= 0.6 is 0 Å². The number of unbranched alkanes of at least 4 members (excludes halogenated alkanes) is 1. The van der Waals surface area contributed by atoms with Gasteiger partial charge in [-0.2, -0.15) is 0 Å². The van der Waals surface area contributed by atoms with Crippen molar-refractivity contribution in [2.24, 2.45) is 0 Å². The highest BCUT2D eigenvalue weighted by Crippen LogP contribution is 2.21. The minimum Gasteiger partial charge on any atom is -0.494 e. The molecule has 21 heavy (non-hydrogen) atoms. The molecule has 1 heterocycles. The van der Waals surface area contributed by atoms with Gasteiger partial charge in [-0.25, -0.2) is 4.68 Å². The molecule has 2 aromatic rings. The van der Waals surface area contributed by atoms with Crippen molar-refractivity contribution >= 4 is 11.6 Å². The molecule has 1 amide bonds. The number of nitrogens with zero attached hydrogens (tertiary/aromatic N) is 4. The van der Waals surface area contributed by atoms with E-state index >= 15 is 0 Å². The molecule has 0 radical (unpaired) electrons. The largest absolute Gasteiger partial charge is 0.494 e. The molecule has 0 fully saturated rings. The van der Waals surface area contributed by atoms with E-state index in [1.54, 1.807) is 0 Å². The Morgan fingerprint density at radius 1 is 1.43 bits per heavy atom. The summed E-state index contributed by atoms with van der Waals surface area (Å²) in [6.07, 6.45) is 3.53. The third kappa shape index (κ3) is 4.55. The first-order valence-electron chi connectivity index (χ1n) is 6.93. The van der Waals surface area contributed by atoms with E-state index in [2.05, 4.69) is 27.8 Å². The highest BCUT2D eigenvalue weighted by Gasteiger charge is 2.07. The third-order valence-electron chi connectivity index (χ3n) is 2.94. The molecule has 1 N–H and O–H groups in total. The molecular formula is C14H19N5O2. The number of rotatable bonds is 7. The SMILES string of the molecule is CCCCOc1ccc(NC(=O)Cn2cnnn2)c(C)c1. The van der Waals surface area contributed by atoms with E-state index in [0.717, 1.165) is 29.8 Å². The monoisotopic (exact) mass is 289 g/mol. The molecule has 2 rings (SSSR count). The standard InChI is InChI=1S/C14H19N5O2/c1-3-4-7-21-12-5-6-13(11(2)8-12)16-14(20)9-19-10-15-17-18-19/h5-6,8,10H,3-4,7,9H2,1-2H3,(H,16,20). The molecule has 7 nitrogen and oxygen atoms in total. The van der Waals surface area contributed by atoms with E-state index in [1.807, 2.05) is 25.1 Å². The van der Waals surface area contributed by atoms with Crippen molar-refractivity contribution in [3.05, 3.63) is 30.1 Å². The van der Waals surface area contributed by atoms with Gasteiger partial charge in [-0.3, -0.25) is 4.79 Å². The molecule has 0 unspecified atom stereocenters. The first-order chi connectivity index (χ1) is 10.2. The fourth-order valence-electron chi connectivity index (χ4n) is 1.79. The normalized spacial score (nSPS) is 10.4. The molecular weight excluding hydrogens is 270 g/mol. The maximum Gasteiger partial charge on any atom is 0.246 e. The van der Waals surface area contributed by atoms with Crippen molar-refractivity contribution < 1.29 is 9.53 Å². The summed E-state index contributed by atoms with van der Waals surface area (Å²) in [5, 5.41) is 13.4. The molecule has 0 aliphatic carbocycles. The van der Waals surface area contributed by atoms with Crippen molar-refractivity contribution in [1.82, 2.24) is 20.2 Å². The van der Waals surface area contributed by atoms with Gasteiger partial charge in [0.1, 0.15) is 18.6 Å². The molecule has 112 valence electrons. The second-order valence-electron chi connectivity index (χ2n) is 4.73. The second kappa shape index (κ2) is 7.37. The molecule has 0 aliphatic heterocycles. The number of amides is 1. The van der Waals surface area contributed by atoms with Gasteiger partial charge in [0.25, 0.3) is 0 Å². The molecule has 0 spiro atoms. The maximum absolute atomic E-state index is 11.9. The van der Waals surface area contributed by atoms with Gasteiger partial charge in [-0.05, 0) is 47.5 Å². The lowest BCUT2D eigenvalue weighted by Crippen LogP contribution is -2.19. The number of tetrazole rings is 1. The Balaban J connectivity index is 1.92. The van der Waals surface area contributed by atoms with Gasteiger partial charge >= 0.3 is 0 Å². The Hall–Kier alpha value is -2.44. The van der Waals surface area contributed by atoms with Gasteiger partial charge in [-0.1, -0.05) is 13.3 Å². The van der Waals surface area contributed by atoms with Gasteiger partial charge in [0.2, 0.25) is 5.91 Å². The zero-order valence-corrected chi connectivity index (χ0v) is 12.2. The summed E-state index contributed by atoms with van der Waals surface area (Å²) in [5.41, 5.74) is 1.71. The fourth-order valence-corrected chi connectivity index (χ4v) is 1.79. The van der Waals surface area contributed by atoms with Crippen LogP contribution in [-0.2, 0) is 11.3 Å². The molecule has 0 saturated carbocycles. The van der Waals surface area contributed by atoms with Crippen molar-refractivity contribution in [2.75, 3.05) is 11.9 Å². The number of hydrogen-bond donors (Lipinski definition) is 1. The van der Waals surface area contributed by atoms with Crippen LogP contribution in [0.15, 0.2) is 24.5 Å². The van der Waals surface area contributed by atoms with Crippen LogP contribution in [0.1, 0.15) is 25.3 Å². The molecule has 1 aromatic heterocycles. The van der Waals surface area contributed by atoms with Crippen LogP contribution in [-0.4, -0.2) is 32.7 Å². The number of benzene rings is 1. The number of ether oxygens (including phenoxy) is 1. The minimum atomic E-state index is -0.176. The summed E-state index contributed by atoms with van der Waals surface area (Å²) in [6, 6.07) is 5.62. The number of anilines is 1. The second-order valence-corrected chi connectivity index (χ2v) is 4.73. The minimum absolute atomic E-state index is 0.0845. The lowest BCUT2D eigenvalue weighted by atomic mass is 10.2. The summed E-state index contributed by atoms with van der Waals surface area (Å²) < 4.78 is 7.00. The number of nitrogens with one attached hydrogen (secondary N) is 1. The molecule has 0 bridgehead atoms. The molecule has 1 aromatic carbocycles. The van der Waals surface area contributed by atoms with Crippen molar-refractivity contribution in [1.29, 1.82) is 0 Å². The highest BCUT2D eigenvalue weighted by atomic mass is 16.5. The highest BCUT2D eigenvalue weighted by molar-refractivity contribution is 5.91. The number of hydrogen-bond acceptors (Lipinski definition) is 5. The average molecular weight is 289 g/mol.